The SMILES string of the molecule is Cc1cc(NC(=O)c2cccc(F)c2)sc1C(=O)Nc1ccc(SC(F)F)cc1. The van der Waals surface area contributed by atoms with Crippen LogP contribution in [0.4, 0.5) is 23.9 Å². The minimum atomic E-state index is -2.51. The van der Waals surface area contributed by atoms with Crippen molar-refractivity contribution in [2.45, 2.75) is 17.6 Å². The molecule has 0 spiro atoms. The molecular weight excluding hydrogens is 421 g/mol. The number of alkyl halides is 2. The lowest BCUT2D eigenvalue weighted by molar-refractivity contribution is 0.101. The third-order valence-corrected chi connectivity index (χ3v) is 5.66. The summed E-state index contributed by atoms with van der Waals surface area (Å²) in [6.07, 6.45) is 0. The number of carbonyl (C=O) groups excluding carboxylic acids is 2. The van der Waals surface area contributed by atoms with E-state index in [0.717, 1.165) is 17.4 Å². The first kappa shape index (κ1) is 20.9. The van der Waals surface area contributed by atoms with Crippen LogP contribution in [0.25, 0.3) is 0 Å². The predicted molar refractivity (Wildman–Crippen MR) is 110 cm³/mol. The lowest BCUT2D eigenvalue weighted by Gasteiger charge is -2.06. The maximum absolute atomic E-state index is 13.3. The number of hydrogen-bond acceptors (Lipinski definition) is 4. The number of anilines is 2. The van der Waals surface area contributed by atoms with E-state index in [1.807, 2.05) is 0 Å². The molecule has 1 heterocycles. The molecule has 4 nitrogen and oxygen atoms in total. The summed E-state index contributed by atoms with van der Waals surface area (Å²) in [5.74, 6) is -3.89. The van der Waals surface area contributed by atoms with Crippen LogP contribution >= 0.6 is 23.1 Å². The summed E-state index contributed by atoms with van der Waals surface area (Å²) in [6.45, 7) is 1.73. The number of halogens is 3. The van der Waals surface area contributed by atoms with Crippen molar-refractivity contribution in [2.75, 3.05) is 10.6 Å². The van der Waals surface area contributed by atoms with Crippen molar-refractivity contribution in [1.82, 2.24) is 0 Å². The molecule has 0 saturated heterocycles. The number of aryl methyl sites for hydroxylation is 1. The van der Waals surface area contributed by atoms with E-state index in [1.165, 1.54) is 42.5 Å². The molecule has 3 rings (SSSR count). The van der Waals surface area contributed by atoms with Gasteiger partial charge in [0.05, 0.1) is 9.88 Å². The lowest BCUT2D eigenvalue weighted by Crippen LogP contribution is -2.11. The maximum atomic E-state index is 13.3. The maximum Gasteiger partial charge on any atom is 0.288 e. The van der Waals surface area contributed by atoms with Crippen LogP contribution in [0.1, 0.15) is 25.6 Å². The number of benzene rings is 2. The van der Waals surface area contributed by atoms with Crippen molar-refractivity contribution in [1.29, 1.82) is 0 Å². The summed E-state index contributed by atoms with van der Waals surface area (Å²) >= 11 is 1.51. The van der Waals surface area contributed by atoms with Crippen molar-refractivity contribution >= 4 is 45.6 Å². The predicted octanol–water partition coefficient (Wildman–Crippen LogP) is 6.01. The van der Waals surface area contributed by atoms with E-state index < -0.39 is 17.5 Å². The Morgan fingerprint density at radius 1 is 1.00 bits per heavy atom. The fraction of sp³-hybridized carbons (Fsp3) is 0.100. The van der Waals surface area contributed by atoms with Gasteiger partial charge in [0, 0.05) is 16.1 Å². The normalized spacial score (nSPS) is 10.8. The van der Waals surface area contributed by atoms with Gasteiger partial charge >= 0.3 is 0 Å². The third-order valence-electron chi connectivity index (χ3n) is 3.78. The molecule has 1 aromatic heterocycles. The van der Waals surface area contributed by atoms with Crippen LogP contribution in [0.2, 0.25) is 0 Å². The number of nitrogens with one attached hydrogen (secondary N) is 2. The second kappa shape index (κ2) is 9.15. The van der Waals surface area contributed by atoms with Crippen LogP contribution in [-0.4, -0.2) is 17.6 Å². The molecule has 0 aliphatic carbocycles. The van der Waals surface area contributed by atoms with Crippen molar-refractivity contribution in [2.24, 2.45) is 0 Å². The van der Waals surface area contributed by atoms with E-state index in [2.05, 4.69) is 10.6 Å². The minimum absolute atomic E-state index is 0.170. The van der Waals surface area contributed by atoms with Crippen LogP contribution in [0.15, 0.2) is 59.5 Å². The molecule has 0 unspecified atom stereocenters. The quantitative estimate of drug-likeness (QED) is 0.465. The molecular formula is C20H15F3N2O2S2. The lowest BCUT2D eigenvalue weighted by atomic mass is 10.2. The van der Waals surface area contributed by atoms with Crippen LogP contribution < -0.4 is 10.6 Å². The van der Waals surface area contributed by atoms with Crippen LogP contribution in [0.5, 0.6) is 0 Å². The minimum Gasteiger partial charge on any atom is -0.321 e. The van der Waals surface area contributed by atoms with Gasteiger partial charge in [-0.3, -0.25) is 9.59 Å². The van der Waals surface area contributed by atoms with Gasteiger partial charge in [0.2, 0.25) is 0 Å². The van der Waals surface area contributed by atoms with Gasteiger partial charge in [0.1, 0.15) is 5.82 Å². The monoisotopic (exact) mass is 436 g/mol. The number of amides is 2. The number of carbonyl (C=O) groups is 2. The molecule has 2 aromatic carbocycles. The molecule has 0 aliphatic heterocycles. The Hall–Kier alpha value is -2.78. The van der Waals surface area contributed by atoms with E-state index in [0.29, 0.717) is 37.8 Å². The zero-order chi connectivity index (χ0) is 21.0. The van der Waals surface area contributed by atoms with Crippen LogP contribution in [0.3, 0.4) is 0 Å². The standard InChI is InChI=1S/C20H15F3N2O2S2/c1-11-9-16(25-18(26)12-3-2-4-13(21)10-12)29-17(11)19(27)24-14-5-7-15(8-6-14)28-20(22)23/h2-10,20H,1H3,(H,24,27)(H,25,26). The molecule has 0 saturated carbocycles. The Balaban J connectivity index is 1.67. The Bertz CT molecular complexity index is 1040. The fourth-order valence-electron chi connectivity index (χ4n) is 2.49. The van der Waals surface area contributed by atoms with Gasteiger partial charge in [-0.1, -0.05) is 17.8 Å². The van der Waals surface area contributed by atoms with E-state index in [4.69, 9.17) is 0 Å². The number of thiophene rings is 1. The smallest absolute Gasteiger partial charge is 0.288 e. The molecule has 0 radical (unpaired) electrons. The summed E-state index contributed by atoms with van der Waals surface area (Å²) in [7, 11) is 0. The van der Waals surface area contributed by atoms with Gasteiger partial charge in [-0.2, -0.15) is 8.78 Å². The molecule has 29 heavy (non-hydrogen) atoms. The van der Waals surface area contributed by atoms with E-state index in [-0.39, 0.29) is 11.5 Å². The Kier molecular flexibility index (Phi) is 6.60. The van der Waals surface area contributed by atoms with Crippen LogP contribution in [-0.2, 0) is 0 Å². The molecule has 0 bridgehead atoms. The van der Waals surface area contributed by atoms with Gasteiger partial charge in [-0.25, -0.2) is 4.39 Å². The largest absolute Gasteiger partial charge is 0.321 e. The Morgan fingerprint density at radius 3 is 2.38 bits per heavy atom. The molecule has 2 amide bonds. The van der Waals surface area contributed by atoms with Gasteiger partial charge in [0.25, 0.3) is 17.6 Å². The summed E-state index contributed by atoms with van der Waals surface area (Å²) in [6, 6.07) is 13.0. The van der Waals surface area contributed by atoms with Crippen molar-refractivity contribution < 1.29 is 22.8 Å². The summed E-state index contributed by atoms with van der Waals surface area (Å²) in [4.78, 5) is 25.5. The molecule has 0 aliphatic rings. The highest BCUT2D eigenvalue weighted by Crippen LogP contribution is 2.29. The molecule has 9 heteroatoms. The number of rotatable bonds is 6. The van der Waals surface area contributed by atoms with Gasteiger partial charge in [-0.05, 0) is 61.0 Å². The molecule has 0 atom stereocenters. The second-order valence-corrected chi connectivity index (χ2v) is 8.06. The number of thioether (sulfide) groups is 1. The topological polar surface area (TPSA) is 58.2 Å². The summed E-state index contributed by atoms with van der Waals surface area (Å²) in [5, 5.41) is 5.80. The fourth-order valence-corrected chi connectivity index (χ4v) is 3.95. The molecule has 3 aromatic rings. The summed E-state index contributed by atoms with van der Waals surface area (Å²) < 4.78 is 38.0. The molecule has 0 fully saturated rings. The highest BCUT2D eigenvalue weighted by molar-refractivity contribution is 7.99. The van der Waals surface area contributed by atoms with Gasteiger partial charge in [0.15, 0.2) is 0 Å². The first-order valence-corrected chi connectivity index (χ1v) is 10.0. The average molecular weight is 436 g/mol. The zero-order valence-electron chi connectivity index (χ0n) is 15.0. The Morgan fingerprint density at radius 2 is 1.72 bits per heavy atom. The number of hydrogen-bond donors (Lipinski definition) is 2. The highest BCUT2D eigenvalue weighted by atomic mass is 32.2. The first-order valence-electron chi connectivity index (χ1n) is 8.35. The second-order valence-electron chi connectivity index (χ2n) is 5.94. The van der Waals surface area contributed by atoms with Gasteiger partial charge in [-0.15, -0.1) is 11.3 Å². The van der Waals surface area contributed by atoms with Crippen molar-refractivity contribution in [3.63, 3.8) is 0 Å². The first-order chi connectivity index (χ1) is 13.8. The average Bonchev–Trinajstić information content (AvgIpc) is 3.03. The zero-order valence-corrected chi connectivity index (χ0v) is 16.7. The van der Waals surface area contributed by atoms with Crippen molar-refractivity contribution in [3.05, 3.63) is 76.4 Å². The molecule has 150 valence electrons. The van der Waals surface area contributed by atoms with Crippen LogP contribution in [0, 0.1) is 12.7 Å². The summed E-state index contributed by atoms with van der Waals surface area (Å²) in [5.41, 5.74) is 1.29. The Labute approximate surface area is 173 Å². The third kappa shape index (κ3) is 5.61. The highest BCUT2D eigenvalue weighted by Gasteiger charge is 2.16. The van der Waals surface area contributed by atoms with E-state index in [1.54, 1.807) is 13.0 Å². The van der Waals surface area contributed by atoms with E-state index >= 15 is 0 Å². The van der Waals surface area contributed by atoms with Crippen molar-refractivity contribution in [3.8, 4) is 0 Å². The van der Waals surface area contributed by atoms with E-state index in [9.17, 15) is 22.8 Å². The van der Waals surface area contributed by atoms with Gasteiger partial charge < -0.3 is 10.6 Å². The molecule has 2 N–H and O–H groups in total.